The second-order valence-electron chi connectivity index (χ2n) is 5.17. The number of carbonyl (C=O) groups is 1. The Hall–Kier alpha value is -2.56. The lowest BCUT2D eigenvalue weighted by atomic mass is 9.96. The number of nitrogens with one attached hydrogen (secondary N) is 2. The molecule has 0 saturated carbocycles. The second-order valence-corrected chi connectivity index (χ2v) is 5.17. The number of hydrogen-bond donors (Lipinski definition) is 2. The van der Waals surface area contributed by atoms with E-state index < -0.39 is 0 Å². The number of imidazole rings is 1. The summed E-state index contributed by atoms with van der Waals surface area (Å²) in [7, 11) is 1.79. The number of nitrogens with zero attached hydrogens (tertiary/aromatic N) is 2. The summed E-state index contributed by atoms with van der Waals surface area (Å²) in [5.41, 5.74) is 5.47. The minimum Gasteiger partial charge on any atom is -0.381 e. The molecule has 2 N–H and O–H groups in total. The van der Waals surface area contributed by atoms with E-state index >= 15 is 0 Å². The molecule has 0 saturated heterocycles. The highest BCUT2D eigenvalue weighted by Gasteiger charge is 2.16. The number of fused-ring (bicyclic) bond motifs is 1. The minimum atomic E-state index is 0.0258. The molecule has 0 atom stereocenters. The highest BCUT2D eigenvalue weighted by atomic mass is 16.2. The van der Waals surface area contributed by atoms with Gasteiger partial charge in [0.1, 0.15) is 0 Å². The number of allylic oxidation sites excluding steroid dienone is 1. The van der Waals surface area contributed by atoms with Gasteiger partial charge in [0.2, 0.25) is 5.91 Å². The Kier molecular flexibility index (Phi) is 3.48. The zero-order valence-electron chi connectivity index (χ0n) is 12.2. The number of aromatic nitrogens is 2. The molecular formula is C16H18N4O. The first-order valence-corrected chi connectivity index (χ1v) is 6.94. The van der Waals surface area contributed by atoms with Gasteiger partial charge in [-0.15, -0.1) is 0 Å². The molecule has 1 aromatic carbocycles. The fourth-order valence-corrected chi connectivity index (χ4v) is 2.49. The lowest BCUT2D eigenvalue weighted by Crippen LogP contribution is -2.23. The van der Waals surface area contributed by atoms with E-state index in [0.29, 0.717) is 0 Å². The number of anilines is 2. The van der Waals surface area contributed by atoms with Crippen LogP contribution in [0, 0.1) is 0 Å². The van der Waals surface area contributed by atoms with Gasteiger partial charge in [0, 0.05) is 55.8 Å². The molecule has 1 aliphatic rings. The average Bonchev–Trinajstić information content (AvgIpc) is 2.99. The van der Waals surface area contributed by atoms with Gasteiger partial charge in [-0.1, -0.05) is 6.08 Å². The molecule has 108 valence electrons. The summed E-state index contributed by atoms with van der Waals surface area (Å²) in [4.78, 5) is 20.4. The van der Waals surface area contributed by atoms with Crippen LogP contribution in [0.25, 0.3) is 5.57 Å². The van der Waals surface area contributed by atoms with Crippen molar-refractivity contribution in [3.8, 4) is 0 Å². The molecule has 0 aliphatic carbocycles. The van der Waals surface area contributed by atoms with E-state index in [9.17, 15) is 4.79 Å². The van der Waals surface area contributed by atoms with Crippen molar-refractivity contribution in [3.63, 3.8) is 0 Å². The van der Waals surface area contributed by atoms with Crippen molar-refractivity contribution < 1.29 is 4.79 Å². The molecule has 0 unspecified atom stereocenters. The molecule has 5 nitrogen and oxygen atoms in total. The molecular weight excluding hydrogens is 264 g/mol. The van der Waals surface area contributed by atoms with Crippen molar-refractivity contribution in [3.05, 3.63) is 48.1 Å². The van der Waals surface area contributed by atoms with Gasteiger partial charge in [0.05, 0.1) is 6.33 Å². The molecule has 21 heavy (non-hydrogen) atoms. The average molecular weight is 282 g/mol. The molecule has 2 aromatic rings. The first-order valence-electron chi connectivity index (χ1n) is 6.94. The maximum absolute atomic E-state index is 11.5. The second kappa shape index (κ2) is 5.44. The largest absolute Gasteiger partial charge is 0.381 e. The quantitative estimate of drug-likeness (QED) is 0.909. The smallest absolute Gasteiger partial charge is 0.223 e. The van der Waals surface area contributed by atoms with E-state index in [2.05, 4.69) is 27.4 Å². The van der Waals surface area contributed by atoms with Crippen molar-refractivity contribution in [1.29, 1.82) is 0 Å². The van der Waals surface area contributed by atoms with E-state index in [1.165, 1.54) is 5.57 Å². The Labute approximate surface area is 123 Å². The van der Waals surface area contributed by atoms with E-state index in [1.807, 2.05) is 18.3 Å². The third kappa shape index (κ3) is 2.67. The van der Waals surface area contributed by atoms with E-state index in [0.717, 1.165) is 35.6 Å². The normalized spacial score (nSPS) is 13.1. The van der Waals surface area contributed by atoms with Crippen LogP contribution >= 0.6 is 0 Å². The lowest BCUT2D eigenvalue weighted by Gasteiger charge is -2.23. The van der Waals surface area contributed by atoms with Crippen LogP contribution in [0.5, 0.6) is 0 Å². The monoisotopic (exact) mass is 282 g/mol. The zero-order valence-corrected chi connectivity index (χ0v) is 12.2. The van der Waals surface area contributed by atoms with Gasteiger partial charge in [-0.2, -0.15) is 0 Å². The lowest BCUT2D eigenvalue weighted by molar-refractivity contribution is -0.116. The molecule has 1 aliphatic heterocycles. The summed E-state index contributed by atoms with van der Waals surface area (Å²) in [6.07, 6.45) is 6.52. The molecule has 2 heterocycles. The molecule has 1 amide bonds. The van der Waals surface area contributed by atoms with Crippen molar-refractivity contribution in [2.24, 2.45) is 0 Å². The SMILES string of the molecule is CC(=O)N(C)c1ccc2c(c1)C(Cc1cnc[nH]1)=CCN2. The number of carbonyl (C=O) groups excluding carboxylic acids is 1. The van der Waals surface area contributed by atoms with Gasteiger partial charge in [-0.05, 0) is 23.8 Å². The molecule has 0 bridgehead atoms. The molecule has 3 rings (SSSR count). The molecule has 0 radical (unpaired) electrons. The first-order chi connectivity index (χ1) is 10.1. The van der Waals surface area contributed by atoms with Gasteiger partial charge >= 0.3 is 0 Å². The number of benzene rings is 1. The summed E-state index contributed by atoms with van der Waals surface area (Å²) in [6.45, 7) is 2.39. The van der Waals surface area contributed by atoms with E-state index in [4.69, 9.17) is 0 Å². The molecule has 5 heteroatoms. The Morgan fingerprint density at radius 1 is 1.43 bits per heavy atom. The summed E-state index contributed by atoms with van der Waals surface area (Å²) < 4.78 is 0. The molecule has 0 spiro atoms. The van der Waals surface area contributed by atoms with Crippen LogP contribution < -0.4 is 10.2 Å². The Morgan fingerprint density at radius 3 is 3.00 bits per heavy atom. The minimum absolute atomic E-state index is 0.0258. The Balaban J connectivity index is 1.95. The van der Waals surface area contributed by atoms with Crippen molar-refractivity contribution >= 4 is 22.9 Å². The number of hydrogen-bond acceptors (Lipinski definition) is 3. The van der Waals surface area contributed by atoms with Gasteiger partial charge in [0.25, 0.3) is 0 Å². The third-order valence-corrected chi connectivity index (χ3v) is 3.79. The highest BCUT2D eigenvalue weighted by Crippen LogP contribution is 2.32. The van der Waals surface area contributed by atoms with Gasteiger partial charge in [-0.3, -0.25) is 4.79 Å². The van der Waals surface area contributed by atoms with Crippen LogP contribution in [0.4, 0.5) is 11.4 Å². The fourth-order valence-electron chi connectivity index (χ4n) is 2.49. The topological polar surface area (TPSA) is 61.0 Å². The highest BCUT2D eigenvalue weighted by molar-refractivity contribution is 5.93. The number of rotatable bonds is 3. The van der Waals surface area contributed by atoms with Gasteiger partial charge in [0.15, 0.2) is 0 Å². The van der Waals surface area contributed by atoms with Crippen molar-refractivity contribution in [2.45, 2.75) is 13.3 Å². The standard InChI is InChI=1S/C16H18N4O/c1-11(21)20(2)14-3-4-16-15(8-14)12(5-6-18-16)7-13-9-17-10-19-13/h3-5,8-10,18H,6-7H2,1-2H3,(H,17,19). The van der Waals surface area contributed by atoms with E-state index in [1.54, 1.807) is 25.2 Å². The number of H-pyrrole nitrogens is 1. The number of amides is 1. The van der Waals surface area contributed by atoms with E-state index in [-0.39, 0.29) is 5.91 Å². The summed E-state index contributed by atoms with van der Waals surface area (Å²) in [6, 6.07) is 6.06. The maximum Gasteiger partial charge on any atom is 0.223 e. The fraction of sp³-hybridized carbons (Fsp3) is 0.250. The van der Waals surface area contributed by atoms with Gasteiger partial charge < -0.3 is 15.2 Å². The van der Waals surface area contributed by atoms with Crippen LogP contribution in [0.15, 0.2) is 36.8 Å². The first kappa shape index (κ1) is 13.4. The third-order valence-electron chi connectivity index (χ3n) is 3.79. The van der Waals surface area contributed by atoms with Crippen LogP contribution in [-0.4, -0.2) is 29.5 Å². The summed E-state index contributed by atoms with van der Waals surface area (Å²) >= 11 is 0. The van der Waals surface area contributed by atoms with Crippen LogP contribution in [0.3, 0.4) is 0 Å². The summed E-state index contributed by atoms with van der Waals surface area (Å²) in [5, 5.41) is 3.36. The van der Waals surface area contributed by atoms with Gasteiger partial charge in [-0.25, -0.2) is 4.98 Å². The molecule has 0 fully saturated rings. The number of aromatic amines is 1. The Bertz CT molecular complexity index is 688. The van der Waals surface area contributed by atoms with Crippen LogP contribution in [-0.2, 0) is 11.2 Å². The maximum atomic E-state index is 11.5. The predicted octanol–water partition coefficient (Wildman–Crippen LogP) is 2.44. The zero-order chi connectivity index (χ0) is 14.8. The van der Waals surface area contributed by atoms with Crippen molar-refractivity contribution in [1.82, 2.24) is 9.97 Å². The summed E-state index contributed by atoms with van der Waals surface area (Å²) in [5.74, 6) is 0.0258. The van der Waals surface area contributed by atoms with Crippen LogP contribution in [0.1, 0.15) is 18.2 Å². The van der Waals surface area contributed by atoms with Crippen LogP contribution in [0.2, 0.25) is 0 Å². The predicted molar refractivity (Wildman–Crippen MR) is 84.3 cm³/mol. The Morgan fingerprint density at radius 2 is 2.29 bits per heavy atom. The molecule has 1 aromatic heterocycles. The van der Waals surface area contributed by atoms with Crippen molar-refractivity contribution in [2.75, 3.05) is 23.8 Å².